The monoisotopic (exact) mass is 318 g/mol. The molecule has 1 aromatic rings. The third-order valence-corrected chi connectivity index (χ3v) is 5.44. The molecule has 3 aliphatic heterocycles. The van der Waals surface area contributed by atoms with Crippen molar-refractivity contribution in [3.05, 3.63) is 23.8 Å². The van der Waals surface area contributed by atoms with Crippen molar-refractivity contribution in [2.45, 2.75) is 50.4 Å². The topological polar surface area (TPSA) is 54.0 Å². The number of nitrogens with one attached hydrogen (secondary N) is 1. The van der Waals surface area contributed by atoms with Crippen LogP contribution in [0, 0.1) is 0 Å². The van der Waals surface area contributed by atoms with Crippen molar-refractivity contribution in [1.29, 1.82) is 0 Å². The summed E-state index contributed by atoms with van der Waals surface area (Å²) in [6.07, 6.45) is 4.96. The predicted octanol–water partition coefficient (Wildman–Crippen LogP) is 1.54. The Morgan fingerprint density at radius 1 is 1.09 bits per heavy atom. The fourth-order valence-electron chi connectivity index (χ4n) is 4.38. The van der Waals surface area contributed by atoms with Gasteiger partial charge >= 0.3 is 0 Å². The highest BCUT2D eigenvalue weighted by atomic mass is 16.6. The van der Waals surface area contributed by atoms with E-state index in [1.807, 2.05) is 6.07 Å². The van der Waals surface area contributed by atoms with Crippen molar-refractivity contribution in [2.75, 3.05) is 26.4 Å². The van der Waals surface area contributed by atoms with E-state index in [0.29, 0.717) is 31.3 Å². The van der Waals surface area contributed by atoms with Crippen LogP contribution < -0.4 is 14.8 Å². The second-order valence-electron chi connectivity index (χ2n) is 6.87. The van der Waals surface area contributed by atoms with Gasteiger partial charge < -0.3 is 19.9 Å². The van der Waals surface area contributed by atoms with Crippen molar-refractivity contribution in [2.24, 2.45) is 0 Å². The van der Waals surface area contributed by atoms with Crippen molar-refractivity contribution in [3.8, 4) is 11.5 Å². The molecule has 4 rings (SSSR count). The van der Waals surface area contributed by atoms with Crippen LogP contribution in [0.2, 0.25) is 0 Å². The first-order chi connectivity index (χ1) is 11.3. The van der Waals surface area contributed by atoms with Crippen LogP contribution in [0.1, 0.15) is 31.2 Å². The molecule has 2 unspecified atom stereocenters. The van der Waals surface area contributed by atoms with E-state index in [2.05, 4.69) is 22.3 Å². The summed E-state index contributed by atoms with van der Waals surface area (Å²) in [4.78, 5) is 2.52. The van der Waals surface area contributed by atoms with Gasteiger partial charge in [0.15, 0.2) is 11.5 Å². The smallest absolute Gasteiger partial charge is 0.161 e. The number of hydrogen-bond donors (Lipinski definition) is 2. The zero-order valence-corrected chi connectivity index (χ0v) is 13.5. The zero-order chi connectivity index (χ0) is 15.6. The molecule has 2 N–H and O–H groups in total. The number of ether oxygens (including phenoxy) is 2. The minimum Gasteiger partial charge on any atom is -0.486 e. The first-order valence-corrected chi connectivity index (χ1v) is 8.82. The van der Waals surface area contributed by atoms with Gasteiger partial charge in [0.1, 0.15) is 13.2 Å². The lowest BCUT2D eigenvalue weighted by Crippen LogP contribution is -2.49. The number of fused-ring (bicyclic) bond motifs is 3. The Morgan fingerprint density at radius 3 is 2.57 bits per heavy atom. The number of piperidine rings is 1. The highest BCUT2D eigenvalue weighted by Gasteiger charge is 2.39. The first kappa shape index (κ1) is 15.2. The van der Waals surface area contributed by atoms with Crippen LogP contribution in [0.25, 0.3) is 0 Å². The SMILES string of the molecule is OCCN1C2CCC1CC(NCc1ccc3c(c1)OCCO3)C2. The number of aliphatic hydroxyl groups is 1. The van der Waals surface area contributed by atoms with Crippen LogP contribution in [0.15, 0.2) is 18.2 Å². The Labute approximate surface area is 137 Å². The summed E-state index contributed by atoms with van der Waals surface area (Å²) in [5.41, 5.74) is 1.25. The highest BCUT2D eigenvalue weighted by molar-refractivity contribution is 5.43. The van der Waals surface area contributed by atoms with Crippen LogP contribution in [0.5, 0.6) is 11.5 Å². The van der Waals surface area contributed by atoms with Crippen LogP contribution in [0.3, 0.4) is 0 Å². The average molecular weight is 318 g/mol. The van der Waals surface area contributed by atoms with Gasteiger partial charge in [-0.3, -0.25) is 4.90 Å². The molecule has 0 amide bonds. The highest BCUT2D eigenvalue weighted by Crippen LogP contribution is 2.35. The molecule has 0 radical (unpaired) electrons. The number of nitrogens with zero attached hydrogens (tertiary/aromatic N) is 1. The minimum absolute atomic E-state index is 0.280. The molecule has 5 heteroatoms. The van der Waals surface area contributed by atoms with E-state index in [1.54, 1.807) is 0 Å². The van der Waals surface area contributed by atoms with Crippen LogP contribution in [0.4, 0.5) is 0 Å². The standard InChI is InChI=1S/C18H26N2O3/c21-6-5-20-15-2-3-16(20)11-14(10-15)19-12-13-1-4-17-18(9-13)23-8-7-22-17/h1,4,9,14-16,19,21H,2-3,5-8,10-12H2. The molecule has 126 valence electrons. The van der Waals surface area contributed by atoms with Gasteiger partial charge in [-0.05, 0) is 43.4 Å². The third-order valence-electron chi connectivity index (χ3n) is 5.44. The molecule has 3 heterocycles. The van der Waals surface area contributed by atoms with Crippen molar-refractivity contribution in [3.63, 3.8) is 0 Å². The lowest BCUT2D eigenvalue weighted by atomic mass is 9.97. The fourth-order valence-corrected chi connectivity index (χ4v) is 4.38. The molecule has 0 spiro atoms. The van der Waals surface area contributed by atoms with Gasteiger partial charge in [-0.2, -0.15) is 0 Å². The lowest BCUT2D eigenvalue weighted by Gasteiger charge is -2.39. The summed E-state index contributed by atoms with van der Waals surface area (Å²) in [5.74, 6) is 1.73. The summed E-state index contributed by atoms with van der Waals surface area (Å²) in [5, 5.41) is 12.9. The molecule has 0 saturated carbocycles. The molecular weight excluding hydrogens is 292 g/mol. The second-order valence-corrected chi connectivity index (χ2v) is 6.87. The molecule has 2 atom stereocenters. The third kappa shape index (κ3) is 3.18. The minimum atomic E-state index is 0.280. The van der Waals surface area contributed by atoms with Gasteiger partial charge in [0.05, 0.1) is 6.61 Å². The summed E-state index contributed by atoms with van der Waals surface area (Å²) in [6, 6.07) is 8.11. The molecule has 2 saturated heterocycles. The van der Waals surface area contributed by atoms with Crippen LogP contribution >= 0.6 is 0 Å². The molecule has 1 aromatic carbocycles. The molecular formula is C18H26N2O3. The normalized spacial score (nSPS) is 29.7. The second kappa shape index (κ2) is 6.67. The average Bonchev–Trinajstić information content (AvgIpc) is 2.82. The van der Waals surface area contributed by atoms with Gasteiger partial charge in [0, 0.05) is 31.2 Å². The number of rotatable bonds is 5. The maximum absolute atomic E-state index is 9.22. The van der Waals surface area contributed by atoms with Crippen LogP contribution in [-0.2, 0) is 6.54 Å². The fraction of sp³-hybridized carbons (Fsp3) is 0.667. The Morgan fingerprint density at radius 2 is 1.83 bits per heavy atom. The van der Waals surface area contributed by atoms with Crippen molar-refractivity contribution < 1.29 is 14.6 Å². The summed E-state index contributed by atoms with van der Waals surface area (Å²) in [7, 11) is 0. The van der Waals surface area contributed by atoms with Crippen LogP contribution in [-0.4, -0.2) is 54.5 Å². The molecule has 0 aromatic heterocycles. The number of hydrogen-bond acceptors (Lipinski definition) is 5. The number of benzene rings is 1. The summed E-state index contributed by atoms with van der Waals surface area (Å²) < 4.78 is 11.2. The Kier molecular flexibility index (Phi) is 4.42. The largest absolute Gasteiger partial charge is 0.486 e. The Balaban J connectivity index is 1.34. The van der Waals surface area contributed by atoms with E-state index in [0.717, 1.165) is 24.6 Å². The maximum atomic E-state index is 9.22. The molecule has 3 aliphatic rings. The Bertz CT molecular complexity index is 537. The van der Waals surface area contributed by atoms with Gasteiger partial charge in [0.25, 0.3) is 0 Å². The first-order valence-electron chi connectivity index (χ1n) is 8.82. The van der Waals surface area contributed by atoms with Gasteiger partial charge in [-0.25, -0.2) is 0 Å². The van der Waals surface area contributed by atoms with E-state index in [1.165, 1.54) is 31.2 Å². The van der Waals surface area contributed by atoms with E-state index < -0.39 is 0 Å². The van der Waals surface area contributed by atoms with Gasteiger partial charge in [-0.1, -0.05) is 6.07 Å². The van der Waals surface area contributed by atoms with Gasteiger partial charge in [0.2, 0.25) is 0 Å². The van der Waals surface area contributed by atoms with E-state index >= 15 is 0 Å². The van der Waals surface area contributed by atoms with Gasteiger partial charge in [-0.15, -0.1) is 0 Å². The van der Waals surface area contributed by atoms with E-state index in [4.69, 9.17) is 9.47 Å². The molecule has 0 aliphatic carbocycles. The van der Waals surface area contributed by atoms with Crippen molar-refractivity contribution >= 4 is 0 Å². The summed E-state index contributed by atoms with van der Waals surface area (Å²) >= 11 is 0. The lowest BCUT2D eigenvalue weighted by molar-refractivity contribution is 0.0925. The summed E-state index contributed by atoms with van der Waals surface area (Å²) in [6.45, 7) is 3.27. The maximum Gasteiger partial charge on any atom is 0.161 e. The number of aliphatic hydroxyl groups excluding tert-OH is 1. The molecule has 5 nitrogen and oxygen atoms in total. The molecule has 2 bridgehead atoms. The molecule has 2 fully saturated rings. The van der Waals surface area contributed by atoms with E-state index in [-0.39, 0.29) is 6.61 Å². The zero-order valence-electron chi connectivity index (χ0n) is 13.5. The van der Waals surface area contributed by atoms with E-state index in [9.17, 15) is 5.11 Å². The van der Waals surface area contributed by atoms with Crippen molar-refractivity contribution in [1.82, 2.24) is 10.2 Å². The molecule has 23 heavy (non-hydrogen) atoms. The Hall–Kier alpha value is -1.30. The quantitative estimate of drug-likeness (QED) is 0.862. The predicted molar refractivity (Wildman–Crippen MR) is 87.9 cm³/mol.